The van der Waals surface area contributed by atoms with Crippen LogP contribution in [0.3, 0.4) is 0 Å². The van der Waals surface area contributed by atoms with E-state index < -0.39 is 0 Å². The molecule has 1 aliphatic rings. The summed E-state index contributed by atoms with van der Waals surface area (Å²) in [5.74, 6) is 2.17. The highest BCUT2D eigenvalue weighted by Crippen LogP contribution is 2.18. The zero-order valence-corrected chi connectivity index (χ0v) is 14.9. The molecule has 25 heavy (non-hydrogen) atoms. The third kappa shape index (κ3) is 2.89. The molecule has 3 aromatic rings. The van der Waals surface area contributed by atoms with Crippen molar-refractivity contribution >= 4 is 23.2 Å². The number of hydrogen-bond acceptors (Lipinski definition) is 4. The van der Waals surface area contributed by atoms with E-state index in [0.29, 0.717) is 48.3 Å². The summed E-state index contributed by atoms with van der Waals surface area (Å²) in [5, 5.41) is 9.18. The van der Waals surface area contributed by atoms with E-state index in [1.807, 2.05) is 4.90 Å². The Balaban J connectivity index is 1.56. The molecule has 0 atom stereocenters. The quantitative estimate of drug-likeness (QED) is 0.705. The van der Waals surface area contributed by atoms with Crippen molar-refractivity contribution in [1.82, 2.24) is 29.0 Å². The fourth-order valence-corrected chi connectivity index (χ4v) is 3.37. The summed E-state index contributed by atoms with van der Waals surface area (Å²) >= 11 is 6.00. The maximum atomic E-state index is 12.9. The Morgan fingerprint density at radius 1 is 1.16 bits per heavy atom. The minimum atomic E-state index is -0.0652. The summed E-state index contributed by atoms with van der Waals surface area (Å²) in [5.41, 5.74) is 1.14. The van der Waals surface area contributed by atoms with Crippen molar-refractivity contribution in [3.63, 3.8) is 0 Å². The molecule has 0 N–H and O–H groups in total. The van der Waals surface area contributed by atoms with E-state index in [0.717, 1.165) is 11.6 Å². The van der Waals surface area contributed by atoms with Gasteiger partial charge in [0, 0.05) is 44.4 Å². The van der Waals surface area contributed by atoms with Crippen molar-refractivity contribution in [3.8, 4) is 0 Å². The molecule has 130 valence electrons. The Kier molecular flexibility index (Phi) is 3.95. The van der Waals surface area contributed by atoms with Crippen LogP contribution < -0.4 is 0 Å². The lowest BCUT2D eigenvalue weighted by molar-refractivity contribution is 0.0753. The Hall–Kier alpha value is -2.41. The number of nitrogens with zero attached hydrogens (tertiary/aromatic N) is 6. The predicted molar refractivity (Wildman–Crippen MR) is 93.9 cm³/mol. The molecule has 3 aromatic heterocycles. The number of carbonyl (C=O) groups is 1. The van der Waals surface area contributed by atoms with Gasteiger partial charge < -0.3 is 13.9 Å². The molecular weight excluding hydrogens is 340 g/mol. The fourth-order valence-electron chi connectivity index (χ4n) is 3.21. The second-order valence-corrected chi connectivity index (χ2v) is 7.00. The Morgan fingerprint density at radius 3 is 2.80 bits per heavy atom. The summed E-state index contributed by atoms with van der Waals surface area (Å²) in [6.07, 6.45) is 4.18. The van der Waals surface area contributed by atoms with Crippen LogP contribution in [-0.2, 0) is 13.0 Å². The lowest BCUT2D eigenvalue weighted by Crippen LogP contribution is -2.34. The molecule has 0 saturated carbocycles. The first kappa shape index (κ1) is 16.1. The van der Waals surface area contributed by atoms with Gasteiger partial charge in [-0.2, -0.15) is 0 Å². The van der Waals surface area contributed by atoms with Crippen LogP contribution >= 0.6 is 11.6 Å². The lowest BCUT2D eigenvalue weighted by atomic mass is 10.2. The monoisotopic (exact) mass is 358 g/mol. The highest BCUT2D eigenvalue weighted by molar-refractivity contribution is 6.30. The second-order valence-electron chi connectivity index (χ2n) is 6.56. The topological polar surface area (TPSA) is 68.3 Å². The van der Waals surface area contributed by atoms with Crippen LogP contribution in [0.2, 0.25) is 5.02 Å². The maximum Gasteiger partial charge on any atom is 0.274 e. The number of aromatic nitrogens is 5. The third-order valence-electron chi connectivity index (χ3n) is 4.49. The number of amides is 1. The largest absolute Gasteiger partial charge is 0.335 e. The van der Waals surface area contributed by atoms with Crippen LogP contribution in [0.1, 0.15) is 41.9 Å². The molecule has 0 aliphatic carbocycles. The van der Waals surface area contributed by atoms with Crippen molar-refractivity contribution in [2.24, 2.45) is 0 Å². The van der Waals surface area contributed by atoms with Crippen LogP contribution in [0.4, 0.5) is 0 Å². The van der Waals surface area contributed by atoms with Crippen LogP contribution in [0.25, 0.3) is 5.65 Å². The van der Waals surface area contributed by atoms with E-state index in [4.69, 9.17) is 11.6 Å². The van der Waals surface area contributed by atoms with Crippen LogP contribution in [-0.4, -0.2) is 48.0 Å². The predicted octanol–water partition coefficient (Wildman–Crippen LogP) is 2.40. The van der Waals surface area contributed by atoms with Crippen LogP contribution in [0.15, 0.2) is 24.5 Å². The van der Waals surface area contributed by atoms with Gasteiger partial charge in [0.15, 0.2) is 0 Å². The van der Waals surface area contributed by atoms with Gasteiger partial charge in [-0.15, -0.1) is 10.2 Å². The van der Waals surface area contributed by atoms with Gasteiger partial charge in [0.2, 0.25) is 0 Å². The molecule has 1 amide bonds. The molecular formula is C17H19ClN6O. The molecule has 0 unspecified atom stereocenters. The van der Waals surface area contributed by atoms with Gasteiger partial charge >= 0.3 is 0 Å². The van der Waals surface area contributed by atoms with Gasteiger partial charge in [-0.3, -0.25) is 4.79 Å². The van der Waals surface area contributed by atoms with E-state index in [9.17, 15) is 4.79 Å². The van der Waals surface area contributed by atoms with Gasteiger partial charge in [-0.1, -0.05) is 25.4 Å². The minimum absolute atomic E-state index is 0.0652. The number of carbonyl (C=O) groups excluding carboxylic acids is 1. The highest BCUT2D eigenvalue weighted by atomic mass is 35.5. The van der Waals surface area contributed by atoms with Gasteiger partial charge in [-0.25, -0.2) is 4.98 Å². The third-order valence-corrected chi connectivity index (χ3v) is 4.72. The van der Waals surface area contributed by atoms with Crippen molar-refractivity contribution in [2.75, 3.05) is 13.1 Å². The average Bonchev–Trinajstić information content (AvgIpc) is 3.12. The van der Waals surface area contributed by atoms with Crippen LogP contribution in [0.5, 0.6) is 0 Å². The Bertz CT molecular complexity index is 944. The van der Waals surface area contributed by atoms with Gasteiger partial charge in [-0.05, 0) is 12.1 Å². The maximum absolute atomic E-state index is 12.9. The molecule has 0 bridgehead atoms. The fraction of sp³-hybridized carbons (Fsp3) is 0.412. The van der Waals surface area contributed by atoms with E-state index in [1.54, 1.807) is 28.9 Å². The molecule has 8 heteroatoms. The first-order valence-electron chi connectivity index (χ1n) is 8.38. The SMILES string of the molecule is CC(C)c1nnc2n1CCN(C(=O)c1cn3cc(Cl)ccc3n1)CC2. The highest BCUT2D eigenvalue weighted by Gasteiger charge is 2.24. The van der Waals surface area contributed by atoms with Crippen molar-refractivity contribution in [3.05, 3.63) is 46.9 Å². The number of pyridine rings is 1. The number of imidazole rings is 1. The van der Waals surface area contributed by atoms with Crippen LogP contribution in [0, 0.1) is 0 Å². The molecule has 4 rings (SSSR count). The molecule has 0 fully saturated rings. The number of halogens is 1. The van der Waals surface area contributed by atoms with Crippen molar-refractivity contribution < 1.29 is 4.79 Å². The first-order chi connectivity index (χ1) is 12.0. The van der Waals surface area contributed by atoms with Gasteiger partial charge in [0.25, 0.3) is 5.91 Å². The normalized spacial score (nSPS) is 14.8. The molecule has 1 aliphatic heterocycles. The summed E-state index contributed by atoms with van der Waals surface area (Å²) < 4.78 is 3.92. The summed E-state index contributed by atoms with van der Waals surface area (Å²) in [6.45, 7) is 6.16. The number of fused-ring (bicyclic) bond motifs is 2. The van der Waals surface area contributed by atoms with E-state index in [1.165, 1.54) is 0 Å². The smallest absolute Gasteiger partial charge is 0.274 e. The lowest BCUT2D eigenvalue weighted by Gasteiger charge is -2.19. The second kappa shape index (κ2) is 6.15. The van der Waals surface area contributed by atoms with Crippen molar-refractivity contribution in [2.45, 2.75) is 32.7 Å². The average molecular weight is 359 g/mol. The zero-order valence-electron chi connectivity index (χ0n) is 14.2. The number of hydrogen-bond donors (Lipinski definition) is 0. The molecule has 0 spiro atoms. The molecule has 4 heterocycles. The summed E-state index contributed by atoms with van der Waals surface area (Å²) in [6, 6.07) is 3.57. The first-order valence-corrected chi connectivity index (χ1v) is 8.76. The molecule has 0 radical (unpaired) electrons. The molecule has 7 nitrogen and oxygen atoms in total. The van der Waals surface area contributed by atoms with Gasteiger partial charge in [0.05, 0.1) is 5.02 Å². The molecule has 0 aromatic carbocycles. The Labute approximate surface area is 150 Å². The summed E-state index contributed by atoms with van der Waals surface area (Å²) in [4.78, 5) is 19.1. The van der Waals surface area contributed by atoms with Gasteiger partial charge in [0.1, 0.15) is 23.0 Å². The summed E-state index contributed by atoms with van der Waals surface area (Å²) in [7, 11) is 0. The van der Waals surface area contributed by atoms with Crippen molar-refractivity contribution in [1.29, 1.82) is 0 Å². The standard InChI is InChI=1S/C17H19ClN6O/c1-11(2)16-21-20-15-5-6-22(7-8-24(15)16)17(25)13-10-23-9-12(18)3-4-14(23)19-13/h3-4,9-11H,5-8H2,1-2H3. The number of rotatable bonds is 2. The van der Waals surface area contributed by atoms with E-state index in [2.05, 4.69) is 33.6 Å². The van der Waals surface area contributed by atoms with E-state index >= 15 is 0 Å². The van der Waals surface area contributed by atoms with E-state index in [-0.39, 0.29) is 5.91 Å². The zero-order chi connectivity index (χ0) is 17.6. The Morgan fingerprint density at radius 2 is 2.00 bits per heavy atom. The minimum Gasteiger partial charge on any atom is -0.335 e. The molecule has 0 saturated heterocycles.